The van der Waals surface area contributed by atoms with Crippen LogP contribution >= 0.6 is 0 Å². The number of methoxy groups -OCH3 is 1. The van der Waals surface area contributed by atoms with Crippen LogP contribution in [-0.2, 0) is 4.74 Å². The molecule has 1 unspecified atom stereocenters. The molecule has 1 aromatic rings. The number of nitrogens with zero attached hydrogens (tertiary/aromatic N) is 1. The molecule has 0 aromatic carbocycles. The van der Waals surface area contributed by atoms with E-state index in [4.69, 9.17) is 10.5 Å². The van der Waals surface area contributed by atoms with E-state index >= 15 is 0 Å². The molecule has 0 aliphatic carbocycles. The number of ether oxygens (including phenoxy) is 1. The minimum atomic E-state index is -0.349. The SMILES string of the molecule is COCC(N)CCNc1ncccc1F. The van der Waals surface area contributed by atoms with Crippen LogP contribution in [0.3, 0.4) is 0 Å². The molecule has 0 amide bonds. The van der Waals surface area contributed by atoms with E-state index in [0.29, 0.717) is 19.6 Å². The normalized spacial score (nSPS) is 12.5. The molecule has 84 valence electrons. The molecule has 4 nitrogen and oxygen atoms in total. The predicted octanol–water partition coefficient (Wildman–Crippen LogP) is 0.996. The molecule has 0 aliphatic rings. The number of nitrogens with one attached hydrogen (secondary N) is 1. The highest BCUT2D eigenvalue weighted by Gasteiger charge is 2.03. The van der Waals surface area contributed by atoms with E-state index in [9.17, 15) is 4.39 Å². The number of hydrogen-bond acceptors (Lipinski definition) is 4. The average molecular weight is 213 g/mol. The lowest BCUT2D eigenvalue weighted by atomic mass is 10.2. The average Bonchev–Trinajstić information content (AvgIpc) is 2.21. The van der Waals surface area contributed by atoms with Gasteiger partial charge in [0.25, 0.3) is 0 Å². The molecule has 0 aliphatic heterocycles. The zero-order valence-corrected chi connectivity index (χ0v) is 8.74. The molecular formula is C10H16FN3O. The fourth-order valence-corrected chi connectivity index (χ4v) is 1.19. The smallest absolute Gasteiger partial charge is 0.165 e. The van der Waals surface area contributed by atoms with Gasteiger partial charge in [0.2, 0.25) is 0 Å². The second-order valence-corrected chi connectivity index (χ2v) is 3.26. The van der Waals surface area contributed by atoms with Crippen molar-refractivity contribution in [3.8, 4) is 0 Å². The molecule has 1 aromatic heterocycles. The van der Waals surface area contributed by atoms with Crippen LogP contribution in [0.25, 0.3) is 0 Å². The van der Waals surface area contributed by atoms with Gasteiger partial charge in [-0.1, -0.05) is 0 Å². The van der Waals surface area contributed by atoms with Gasteiger partial charge in [-0.05, 0) is 18.6 Å². The van der Waals surface area contributed by atoms with Gasteiger partial charge in [0, 0.05) is 25.9 Å². The topological polar surface area (TPSA) is 60.2 Å². The number of nitrogens with two attached hydrogens (primary N) is 1. The van der Waals surface area contributed by atoms with E-state index in [1.165, 1.54) is 6.07 Å². The Morgan fingerprint density at radius 1 is 1.67 bits per heavy atom. The summed E-state index contributed by atoms with van der Waals surface area (Å²) < 4.78 is 18.0. The van der Waals surface area contributed by atoms with Crippen molar-refractivity contribution in [1.82, 2.24) is 4.98 Å². The first-order valence-electron chi connectivity index (χ1n) is 4.83. The summed E-state index contributed by atoms with van der Waals surface area (Å²) >= 11 is 0. The van der Waals surface area contributed by atoms with Gasteiger partial charge >= 0.3 is 0 Å². The second-order valence-electron chi connectivity index (χ2n) is 3.26. The number of hydrogen-bond donors (Lipinski definition) is 2. The zero-order chi connectivity index (χ0) is 11.1. The Kier molecular flexibility index (Phi) is 5.00. The van der Waals surface area contributed by atoms with Crippen LogP contribution in [0.1, 0.15) is 6.42 Å². The summed E-state index contributed by atoms with van der Waals surface area (Å²) in [5.41, 5.74) is 5.71. The third-order valence-electron chi connectivity index (χ3n) is 1.95. The van der Waals surface area contributed by atoms with E-state index in [1.807, 2.05) is 0 Å². The van der Waals surface area contributed by atoms with Crippen LogP contribution in [0, 0.1) is 5.82 Å². The van der Waals surface area contributed by atoms with Crippen molar-refractivity contribution in [3.63, 3.8) is 0 Å². The summed E-state index contributed by atoms with van der Waals surface area (Å²) in [5.74, 6) is -0.0834. The highest BCUT2D eigenvalue weighted by atomic mass is 19.1. The summed E-state index contributed by atoms with van der Waals surface area (Å²) in [6, 6.07) is 2.89. The lowest BCUT2D eigenvalue weighted by Crippen LogP contribution is -2.28. The monoisotopic (exact) mass is 213 g/mol. The number of halogens is 1. The number of pyridine rings is 1. The molecule has 15 heavy (non-hydrogen) atoms. The molecule has 0 saturated carbocycles. The van der Waals surface area contributed by atoms with Crippen molar-refractivity contribution in [3.05, 3.63) is 24.1 Å². The Hall–Kier alpha value is -1.20. The first-order valence-corrected chi connectivity index (χ1v) is 4.83. The summed E-state index contributed by atoms with van der Waals surface area (Å²) in [7, 11) is 1.60. The number of anilines is 1. The van der Waals surface area contributed by atoms with Crippen molar-refractivity contribution in [2.24, 2.45) is 5.73 Å². The Balaban J connectivity index is 2.29. The van der Waals surface area contributed by atoms with Crippen molar-refractivity contribution >= 4 is 5.82 Å². The van der Waals surface area contributed by atoms with Gasteiger partial charge in [-0.25, -0.2) is 9.37 Å². The first-order chi connectivity index (χ1) is 7.24. The van der Waals surface area contributed by atoms with Crippen molar-refractivity contribution in [2.75, 3.05) is 25.6 Å². The highest BCUT2D eigenvalue weighted by molar-refractivity contribution is 5.35. The Labute approximate surface area is 88.6 Å². The molecular weight excluding hydrogens is 197 g/mol. The maximum absolute atomic E-state index is 13.1. The van der Waals surface area contributed by atoms with Crippen LogP contribution in [0.2, 0.25) is 0 Å². The van der Waals surface area contributed by atoms with Gasteiger partial charge in [0.1, 0.15) is 0 Å². The van der Waals surface area contributed by atoms with Gasteiger partial charge in [-0.3, -0.25) is 0 Å². The van der Waals surface area contributed by atoms with Gasteiger partial charge in [-0.15, -0.1) is 0 Å². The Bertz CT molecular complexity index is 296. The first kappa shape index (κ1) is 11.9. The Morgan fingerprint density at radius 2 is 2.47 bits per heavy atom. The predicted molar refractivity (Wildman–Crippen MR) is 57.2 cm³/mol. The van der Waals surface area contributed by atoms with E-state index < -0.39 is 0 Å². The summed E-state index contributed by atoms with van der Waals surface area (Å²) in [6.07, 6.45) is 2.25. The van der Waals surface area contributed by atoms with E-state index in [-0.39, 0.29) is 17.7 Å². The third-order valence-corrected chi connectivity index (χ3v) is 1.95. The van der Waals surface area contributed by atoms with E-state index in [1.54, 1.807) is 19.4 Å². The minimum absolute atomic E-state index is 0.0331. The second kappa shape index (κ2) is 6.31. The molecule has 0 fully saturated rings. The minimum Gasteiger partial charge on any atom is -0.383 e. The fourth-order valence-electron chi connectivity index (χ4n) is 1.19. The lowest BCUT2D eigenvalue weighted by molar-refractivity contribution is 0.178. The van der Waals surface area contributed by atoms with Gasteiger partial charge < -0.3 is 15.8 Å². The lowest BCUT2D eigenvalue weighted by Gasteiger charge is -2.11. The van der Waals surface area contributed by atoms with Gasteiger partial charge in [0.05, 0.1) is 6.61 Å². The molecule has 1 heterocycles. The van der Waals surface area contributed by atoms with Crippen LogP contribution in [-0.4, -0.2) is 31.3 Å². The summed E-state index contributed by atoms with van der Waals surface area (Å²) in [4.78, 5) is 3.86. The van der Waals surface area contributed by atoms with Crippen LogP contribution in [0.5, 0.6) is 0 Å². The number of aromatic nitrogens is 1. The van der Waals surface area contributed by atoms with Crippen LogP contribution < -0.4 is 11.1 Å². The third kappa shape index (κ3) is 4.22. The Morgan fingerprint density at radius 3 is 3.13 bits per heavy atom. The maximum Gasteiger partial charge on any atom is 0.165 e. The van der Waals surface area contributed by atoms with Gasteiger partial charge in [0.15, 0.2) is 11.6 Å². The van der Waals surface area contributed by atoms with Crippen molar-refractivity contribution < 1.29 is 9.13 Å². The molecule has 0 bridgehead atoms. The van der Waals surface area contributed by atoms with Crippen molar-refractivity contribution in [2.45, 2.75) is 12.5 Å². The highest BCUT2D eigenvalue weighted by Crippen LogP contribution is 2.08. The van der Waals surface area contributed by atoms with E-state index in [2.05, 4.69) is 10.3 Å². The summed E-state index contributed by atoms with van der Waals surface area (Å²) in [6.45, 7) is 1.09. The number of rotatable bonds is 6. The summed E-state index contributed by atoms with van der Waals surface area (Å²) in [5, 5.41) is 2.88. The van der Waals surface area contributed by atoms with Crippen LogP contribution in [0.15, 0.2) is 18.3 Å². The molecule has 5 heteroatoms. The quantitative estimate of drug-likeness (QED) is 0.740. The molecule has 3 N–H and O–H groups in total. The van der Waals surface area contributed by atoms with Crippen molar-refractivity contribution in [1.29, 1.82) is 0 Å². The van der Waals surface area contributed by atoms with Gasteiger partial charge in [-0.2, -0.15) is 0 Å². The fraction of sp³-hybridized carbons (Fsp3) is 0.500. The maximum atomic E-state index is 13.1. The molecule has 1 rings (SSSR count). The molecule has 0 spiro atoms. The molecule has 1 atom stereocenters. The van der Waals surface area contributed by atoms with E-state index in [0.717, 1.165) is 0 Å². The standard InChI is InChI=1S/C10H16FN3O/c1-15-7-8(12)4-6-14-10-9(11)3-2-5-13-10/h2-3,5,8H,4,6-7,12H2,1H3,(H,13,14). The largest absolute Gasteiger partial charge is 0.383 e. The van der Waals surface area contributed by atoms with Crippen LogP contribution in [0.4, 0.5) is 10.2 Å². The molecule has 0 saturated heterocycles. The molecule has 0 radical (unpaired) electrons. The zero-order valence-electron chi connectivity index (χ0n) is 8.74.